The van der Waals surface area contributed by atoms with Crippen molar-refractivity contribution >= 4 is 18.3 Å². The van der Waals surface area contributed by atoms with E-state index in [2.05, 4.69) is 25.3 Å². The third-order valence-corrected chi connectivity index (χ3v) is 8.70. The first kappa shape index (κ1) is 27.4. The Labute approximate surface area is 235 Å². The molecule has 1 N–H and O–H groups in total. The van der Waals surface area contributed by atoms with Gasteiger partial charge in [-0.2, -0.15) is 13.2 Å². The maximum absolute atomic E-state index is 13.3. The molecule has 2 aliphatic rings. The van der Waals surface area contributed by atoms with Crippen LogP contribution in [0, 0.1) is 0 Å². The minimum Gasteiger partial charge on any atom is -0.480 e. The summed E-state index contributed by atoms with van der Waals surface area (Å²) in [7, 11) is -1.21. The molecule has 0 radical (unpaired) electrons. The van der Waals surface area contributed by atoms with E-state index in [0.29, 0.717) is 52.2 Å². The predicted molar refractivity (Wildman–Crippen MR) is 149 cm³/mol. The molecule has 0 amide bonds. The van der Waals surface area contributed by atoms with Crippen LogP contribution in [0.25, 0.3) is 22.8 Å². The highest BCUT2D eigenvalue weighted by atomic mass is 31.2. The van der Waals surface area contributed by atoms with Gasteiger partial charge in [0.2, 0.25) is 5.88 Å². The second-order valence-corrected chi connectivity index (χ2v) is 14.0. The van der Waals surface area contributed by atoms with Gasteiger partial charge >= 0.3 is 6.18 Å². The van der Waals surface area contributed by atoms with Gasteiger partial charge in [-0.1, -0.05) is 24.3 Å². The van der Waals surface area contributed by atoms with E-state index in [4.69, 9.17) is 9.72 Å². The van der Waals surface area contributed by atoms with Gasteiger partial charge < -0.3 is 19.2 Å². The Morgan fingerprint density at radius 3 is 2.39 bits per heavy atom. The van der Waals surface area contributed by atoms with Crippen LogP contribution < -0.4 is 15.4 Å². The van der Waals surface area contributed by atoms with Crippen LogP contribution in [0.1, 0.15) is 54.6 Å². The van der Waals surface area contributed by atoms with Gasteiger partial charge in [0, 0.05) is 36.5 Å². The third-order valence-electron chi connectivity index (χ3n) is 7.21. The standard InChI is InChI=1S/C28H29F3N7O2P/c1-40-27-22(23(17-8-9-17)34-15-35-27)25-33-13-20(41(2,3)39)24(37-25)32-12-16-4-6-18(7-5-16)26-36-21(28(29,30)31)14-38(26)19-10-11-19/h4-7,13-15,17,19H,8-12H2,1-3H3,(H,32,33,37). The van der Waals surface area contributed by atoms with Crippen molar-refractivity contribution in [2.75, 3.05) is 25.8 Å². The summed E-state index contributed by atoms with van der Waals surface area (Å²) >= 11 is 0. The van der Waals surface area contributed by atoms with E-state index in [9.17, 15) is 17.7 Å². The fraction of sp³-hybridized carbons (Fsp3) is 0.393. The molecule has 2 saturated carbocycles. The number of benzene rings is 1. The smallest absolute Gasteiger partial charge is 0.434 e. The minimum atomic E-state index is -4.50. The molecule has 0 unspecified atom stereocenters. The molecule has 0 spiro atoms. The molecule has 0 atom stereocenters. The lowest BCUT2D eigenvalue weighted by Crippen LogP contribution is -2.17. The molecule has 0 bridgehead atoms. The normalized spacial score (nSPS) is 15.7. The number of hydrogen-bond donors (Lipinski definition) is 1. The SMILES string of the molecule is COc1ncnc(C2CC2)c1-c1ncc(P(C)(C)=O)c(NCc2ccc(-c3nc(C(F)(F)F)cn3C3CC3)cc2)n1. The van der Waals surface area contributed by atoms with Crippen LogP contribution in [0.3, 0.4) is 0 Å². The number of ether oxygens (including phenoxy) is 1. The summed E-state index contributed by atoms with van der Waals surface area (Å²) in [4.78, 5) is 21.9. The summed E-state index contributed by atoms with van der Waals surface area (Å²) in [6.07, 6.45) is 3.37. The molecule has 214 valence electrons. The Morgan fingerprint density at radius 1 is 1.05 bits per heavy atom. The summed E-state index contributed by atoms with van der Waals surface area (Å²) in [5.41, 5.74) is 2.05. The second-order valence-electron chi connectivity index (χ2n) is 10.8. The zero-order valence-electron chi connectivity index (χ0n) is 22.8. The maximum atomic E-state index is 13.3. The summed E-state index contributed by atoms with van der Waals surface area (Å²) < 4.78 is 60.3. The lowest BCUT2D eigenvalue weighted by molar-refractivity contribution is -0.140. The van der Waals surface area contributed by atoms with Crippen LogP contribution in [-0.2, 0) is 17.3 Å². The van der Waals surface area contributed by atoms with E-state index in [1.807, 2.05) is 12.1 Å². The zero-order chi connectivity index (χ0) is 28.9. The Morgan fingerprint density at radius 2 is 1.78 bits per heavy atom. The quantitative estimate of drug-likeness (QED) is 0.243. The number of methoxy groups -OCH3 is 1. The number of hydrogen-bond acceptors (Lipinski definition) is 8. The number of nitrogens with one attached hydrogen (secondary N) is 1. The molecule has 2 fully saturated rings. The average Bonchev–Trinajstić information content (AvgIpc) is 3.88. The average molecular weight is 584 g/mol. The van der Waals surface area contributed by atoms with Crippen molar-refractivity contribution in [3.8, 4) is 28.7 Å². The third kappa shape index (κ3) is 5.70. The predicted octanol–water partition coefficient (Wildman–Crippen LogP) is 5.90. The molecule has 1 aromatic carbocycles. The van der Waals surface area contributed by atoms with Crippen molar-refractivity contribution in [2.24, 2.45) is 0 Å². The van der Waals surface area contributed by atoms with Crippen molar-refractivity contribution in [3.63, 3.8) is 0 Å². The summed E-state index contributed by atoms with van der Waals surface area (Å²) in [5.74, 6) is 1.80. The van der Waals surface area contributed by atoms with Gasteiger partial charge in [0.25, 0.3) is 0 Å². The molecule has 3 aromatic heterocycles. The van der Waals surface area contributed by atoms with Crippen LogP contribution in [-0.4, -0.2) is 49.9 Å². The van der Waals surface area contributed by atoms with Crippen LogP contribution >= 0.6 is 7.14 Å². The van der Waals surface area contributed by atoms with Crippen molar-refractivity contribution < 1.29 is 22.5 Å². The number of alkyl halides is 3. The second kappa shape index (κ2) is 10.2. The number of rotatable bonds is 9. The summed E-state index contributed by atoms with van der Waals surface area (Å²) in [6, 6.07) is 7.25. The van der Waals surface area contributed by atoms with Crippen LogP contribution in [0.5, 0.6) is 5.88 Å². The van der Waals surface area contributed by atoms with Crippen molar-refractivity contribution in [2.45, 2.75) is 50.4 Å². The highest BCUT2D eigenvalue weighted by Gasteiger charge is 2.37. The number of halogens is 3. The van der Waals surface area contributed by atoms with Gasteiger partial charge in [-0.25, -0.2) is 24.9 Å². The molecule has 0 aliphatic heterocycles. The van der Waals surface area contributed by atoms with Crippen molar-refractivity contribution in [1.82, 2.24) is 29.5 Å². The molecule has 13 heteroatoms. The van der Waals surface area contributed by atoms with Crippen molar-refractivity contribution in [1.29, 1.82) is 0 Å². The topological polar surface area (TPSA) is 108 Å². The molecule has 4 aromatic rings. The number of nitrogens with zero attached hydrogens (tertiary/aromatic N) is 6. The molecule has 9 nitrogen and oxygen atoms in total. The maximum Gasteiger partial charge on any atom is 0.434 e. The molecular weight excluding hydrogens is 554 g/mol. The van der Waals surface area contributed by atoms with Gasteiger partial charge in [-0.3, -0.25) is 0 Å². The molecule has 41 heavy (non-hydrogen) atoms. The van der Waals surface area contributed by atoms with E-state index in [1.165, 1.54) is 13.4 Å². The van der Waals surface area contributed by atoms with Gasteiger partial charge in [-0.05, 0) is 44.6 Å². The summed E-state index contributed by atoms with van der Waals surface area (Å²) in [5, 5.41) is 3.80. The largest absolute Gasteiger partial charge is 0.480 e. The highest BCUT2D eigenvalue weighted by molar-refractivity contribution is 7.70. The van der Waals surface area contributed by atoms with Crippen LogP contribution in [0.2, 0.25) is 0 Å². The lowest BCUT2D eigenvalue weighted by atomic mass is 10.1. The zero-order valence-corrected chi connectivity index (χ0v) is 23.7. The Hall–Kier alpha value is -3.79. The van der Waals surface area contributed by atoms with E-state index >= 15 is 0 Å². The lowest BCUT2D eigenvalue weighted by Gasteiger charge is -2.17. The van der Waals surface area contributed by atoms with Crippen LogP contribution in [0.15, 0.2) is 43.0 Å². The van der Waals surface area contributed by atoms with Gasteiger partial charge in [0.05, 0.1) is 18.1 Å². The van der Waals surface area contributed by atoms with Gasteiger partial charge in [0.15, 0.2) is 11.5 Å². The molecule has 3 heterocycles. The first-order valence-electron chi connectivity index (χ1n) is 13.3. The molecule has 6 rings (SSSR count). The number of anilines is 1. The first-order valence-corrected chi connectivity index (χ1v) is 15.9. The summed E-state index contributed by atoms with van der Waals surface area (Å²) in [6.45, 7) is 3.65. The fourth-order valence-electron chi connectivity index (χ4n) is 4.77. The molecule has 0 saturated heterocycles. The monoisotopic (exact) mass is 583 g/mol. The minimum absolute atomic E-state index is 0.0492. The van der Waals surface area contributed by atoms with E-state index in [1.54, 1.807) is 36.2 Å². The first-order chi connectivity index (χ1) is 19.5. The van der Waals surface area contributed by atoms with Crippen LogP contribution in [0.4, 0.5) is 19.0 Å². The number of imidazole rings is 1. The van der Waals surface area contributed by atoms with E-state index in [-0.39, 0.29) is 6.04 Å². The molecule has 2 aliphatic carbocycles. The van der Waals surface area contributed by atoms with E-state index in [0.717, 1.165) is 43.1 Å². The number of aromatic nitrogens is 6. The van der Waals surface area contributed by atoms with Gasteiger partial charge in [0.1, 0.15) is 30.7 Å². The van der Waals surface area contributed by atoms with E-state index < -0.39 is 19.0 Å². The highest BCUT2D eigenvalue weighted by Crippen LogP contribution is 2.45. The fourth-order valence-corrected chi connectivity index (χ4v) is 5.74. The Kier molecular flexibility index (Phi) is 6.84. The Balaban J connectivity index is 1.28. The van der Waals surface area contributed by atoms with Gasteiger partial charge in [-0.15, -0.1) is 0 Å². The van der Waals surface area contributed by atoms with Crippen molar-refractivity contribution in [3.05, 3.63) is 59.9 Å². The molecular formula is C28H29F3N7O2P. The Bertz CT molecular complexity index is 1640.